The van der Waals surface area contributed by atoms with Gasteiger partial charge >= 0.3 is 0 Å². The first kappa shape index (κ1) is 12.4. The molecular weight excluding hydrogens is 230 g/mol. The molecule has 0 aromatic heterocycles. The summed E-state index contributed by atoms with van der Waals surface area (Å²) in [5.41, 5.74) is 14.3. The Morgan fingerprint density at radius 2 is 1.68 bits per heavy atom. The summed E-state index contributed by atoms with van der Waals surface area (Å²) >= 11 is 0. The fourth-order valence-electron chi connectivity index (χ4n) is 2.94. The van der Waals surface area contributed by atoms with Crippen LogP contribution in [0.15, 0.2) is 36.4 Å². The fourth-order valence-corrected chi connectivity index (χ4v) is 2.94. The molecule has 0 amide bonds. The molecule has 3 rings (SSSR count). The van der Waals surface area contributed by atoms with Gasteiger partial charge in [-0.2, -0.15) is 0 Å². The fraction of sp³-hybridized carbons (Fsp3) is 0.333. The lowest BCUT2D eigenvalue weighted by atomic mass is 9.86. The SMILES string of the molecule is Cc1ccc(-c2ccc3c(c2)C(N)CCC3)cc1C. The van der Waals surface area contributed by atoms with E-state index in [9.17, 15) is 0 Å². The van der Waals surface area contributed by atoms with Crippen molar-refractivity contribution < 1.29 is 0 Å². The first-order valence-corrected chi connectivity index (χ1v) is 7.11. The Balaban J connectivity index is 2.06. The van der Waals surface area contributed by atoms with E-state index in [1.807, 2.05) is 0 Å². The summed E-state index contributed by atoms with van der Waals surface area (Å²) < 4.78 is 0. The van der Waals surface area contributed by atoms with E-state index in [2.05, 4.69) is 50.2 Å². The maximum atomic E-state index is 6.25. The molecule has 1 atom stereocenters. The van der Waals surface area contributed by atoms with Crippen molar-refractivity contribution in [3.05, 3.63) is 58.7 Å². The molecule has 0 saturated carbocycles. The summed E-state index contributed by atoms with van der Waals surface area (Å²) in [4.78, 5) is 0. The summed E-state index contributed by atoms with van der Waals surface area (Å²) in [6.45, 7) is 4.32. The number of rotatable bonds is 1. The van der Waals surface area contributed by atoms with Crippen molar-refractivity contribution in [2.24, 2.45) is 5.73 Å². The molecule has 2 aromatic rings. The first-order chi connectivity index (χ1) is 9.15. The van der Waals surface area contributed by atoms with Crippen LogP contribution < -0.4 is 5.73 Å². The van der Waals surface area contributed by atoms with Gasteiger partial charge < -0.3 is 5.73 Å². The molecule has 1 aliphatic rings. The average molecular weight is 251 g/mol. The molecule has 0 aliphatic heterocycles. The zero-order chi connectivity index (χ0) is 13.4. The standard InChI is InChI=1S/C18H21N/c1-12-6-7-15(10-13(12)2)16-9-8-14-4-3-5-18(19)17(14)11-16/h6-11,18H,3-5,19H2,1-2H3. The Hall–Kier alpha value is -1.60. The predicted octanol–water partition coefficient (Wildman–Crippen LogP) is 4.31. The molecule has 1 nitrogen and oxygen atoms in total. The third kappa shape index (κ3) is 2.31. The third-order valence-corrected chi connectivity index (χ3v) is 4.35. The molecule has 2 aromatic carbocycles. The molecule has 0 radical (unpaired) electrons. The van der Waals surface area contributed by atoms with Gasteiger partial charge in [-0.15, -0.1) is 0 Å². The van der Waals surface area contributed by atoms with Crippen LogP contribution in [0.5, 0.6) is 0 Å². The van der Waals surface area contributed by atoms with Gasteiger partial charge in [0.05, 0.1) is 0 Å². The second-order valence-electron chi connectivity index (χ2n) is 5.71. The van der Waals surface area contributed by atoms with Gasteiger partial charge in [0.2, 0.25) is 0 Å². The van der Waals surface area contributed by atoms with Crippen molar-refractivity contribution in [3.8, 4) is 11.1 Å². The van der Waals surface area contributed by atoms with E-state index < -0.39 is 0 Å². The van der Waals surface area contributed by atoms with E-state index in [0.29, 0.717) is 0 Å². The molecule has 0 heterocycles. The Kier molecular flexibility index (Phi) is 3.16. The van der Waals surface area contributed by atoms with Crippen LogP contribution in [0.1, 0.15) is 41.1 Å². The Bertz CT molecular complexity index is 613. The Morgan fingerprint density at radius 3 is 2.47 bits per heavy atom. The molecule has 0 fully saturated rings. The normalized spacial score (nSPS) is 18.2. The molecule has 0 saturated heterocycles. The highest BCUT2D eigenvalue weighted by atomic mass is 14.6. The van der Waals surface area contributed by atoms with Gasteiger partial charge in [0.15, 0.2) is 0 Å². The zero-order valence-electron chi connectivity index (χ0n) is 11.7. The Morgan fingerprint density at radius 1 is 0.947 bits per heavy atom. The monoisotopic (exact) mass is 251 g/mol. The second-order valence-corrected chi connectivity index (χ2v) is 5.71. The van der Waals surface area contributed by atoms with Crippen molar-refractivity contribution in [1.29, 1.82) is 0 Å². The summed E-state index contributed by atoms with van der Waals surface area (Å²) in [5.74, 6) is 0. The zero-order valence-corrected chi connectivity index (χ0v) is 11.7. The van der Waals surface area contributed by atoms with E-state index in [1.165, 1.54) is 46.2 Å². The van der Waals surface area contributed by atoms with Crippen LogP contribution in [0.2, 0.25) is 0 Å². The highest BCUT2D eigenvalue weighted by molar-refractivity contribution is 5.66. The minimum absolute atomic E-state index is 0.218. The van der Waals surface area contributed by atoms with Gasteiger partial charge in [-0.1, -0.05) is 30.3 Å². The number of fused-ring (bicyclic) bond motifs is 1. The molecule has 2 N–H and O–H groups in total. The smallest absolute Gasteiger partial charge is 0.0297 e. The van der Waals surface area contributed by atoms with E-state index >= 15 is 0 Å². The van der Waals surface area contributed by atoms with Crippen LogP contribution in [0.4, 0.5) is 0 Å². The lowest BCUT2D eigenvalue weighted by Crippen LogP contribution is -2.17. The minimum atomic E-state index is 0.218. The number of benzene rings is 2. The maximum absolute atomic E-state index is 6.25. The van der Waals surface area contributed by atoms with Gasteiger partial charge in [-0.3, -0.25) is 0 Å². The molecule has 0 spiro atoms. The van der Waals surface area contributed by atoms with Crippen molar-refractivity contribution in [3.63, 3.8) is 0 Å². The molecule has 1 heteroatoms. The number of nitrogens with two attached hydrogens (primary N) is 1. The third-order valence-electron chi connectivity index (χ3n) is 4.35. The lowest BCUT2D eigenvalue weighted by Gasteiger charge is -2.23. The molecule has 19 heavy (non-hydrogen) atoms. The quantitative estimate of drug-likeness (QED) is 0.803. The topological polar surface area (TPSA) is 26.0 Å². The van der Waals surface area contributed by atoms with E-state index in [1.54, 1.807) is 0 Å². The largest absolute Gasteiger partial charge is 0.324 e. The predicted molar refractivity (Wildman–Crippen MR) is 81.2 cm³/mol. The van der Waals surface area contributed by atoms with Crippen molar-refractivity contribution in [2.75, 3.05) is 0 Å². The molecule has 0 bridgehead atoms. The maximum Gasteiger partial charge on any atom is 0.0297 e. The van der Waals surface area contributed by atoms with E-state index in [0.717, 1.165) is 6.42 Å². The first-order valence-electron chi connectivity index (χ1n) is 7.11. The second kappa shape index (κ2) is 4.82. The highest BCUT2D eigenvalue weighted by Crippen LogP contribution is 2.32. The lowest BCUT2D eigenvalue weighted by molar-refractivity contribution is 0.571. The number of hydrogen-bond donors (Lipinski definition) is 1. The summed E-state index contributed by atoms with van der Waals surface area (Å²) in [7, 11) is 0. The van der Waals surface area contributed by atoms with E-state index in [-0.39, 0.29) is 6.04 Å². The van der Waals surface area contributed by atoms with Gasteiger partial charge in [-0.05, 0) is 72.6 Å². The van der Waals surface area contributed by atoms with Crippen LogP contribution in [0.3, 0.4) is 0 Å². The highest BCUT2D eigenvalue weighted by Gasteiger charge is 2.17. The molecule has 98 valence electrons. The van der Waals surface area contributed by atoms with Crippen molar-refractivity contribution in [1.82, 2.24) is 0 Å². The van der Waals surface area contributed by atoms with Crippen LogP contribution in [0, 0.1) is 13.8 Å². The van der Waals surface area contributed by atoms with Crippen LogP contribution >= 0.6 is 0 Å². The van der Waals surface area contributed by atoms with Crippen molar-refractivity contribution >= 4 is 0 Å². The number of hydrogen-bond acceptors (Lipinski definition) is 1. The molecule has 1 aliphatic carbocycles. The summed E-state index contributed by atoms with van der Waals surface area (Å²) in [5, 5.41) is 0. The number of aryl methyl sites for hydroxylation is 3. The summed E-state index contributed by atoms with van der Waals surface area (Å²) in [6.07, 6.45) is 3.51. The Labute approximate surface area is 115 Å². The van der Waals surface area contributed by atoms with Gasteiger partial charge in [0.25, 0.3) is 0 Å². The summed E-state index contributed by atoms with van der Waals surface area (Å²) in [6, 6.07) is 13.7. The van der Waals surface area contributed by atoms with Crippen LogP contribution in [-0.2, 0) is 6.42 Å². The van der Waals surface area contributed by atoms with Crippen LogP contribution in [0.25, 0.3) is 11.1 Å². The molecular formula is C18H21N. The van der Waals surface area contributed by atoms with Gasteiger partial charge in [0.1, 0.15) is 0 Å². The van der Waals surface area contributed by atoms with Crippen molar-refractivity contribution in [2.45, 2.75) is 39.2 Å². The van der Waals surface area contributed by atoms with E-state index in [4.69, 9.17) is 5.73 Å². The minimum Gasteiger partial charge on any atom is -0.324 e. The van der Waals surface area contributed by atoms with Gasteiger partial charge in [0, 0.05) is 6.04 Å². The average Bonchev–Trinajstić information content (AvgIpc) is 2.42. The van der Waals surface area contributed by atoms with Crippen LogP contribution in [-0.4, -0.2) is 0 Å². The molecule has 1 unspecified atom stereocenters. The van der Waals surface area contributed by atoms with Gasteiger partial charge in [-0.25, -0.2) is 0 Å².